The molecule has 2 aliphatic heterocycles. The van der Waals surface area contributed by atoms with Gasteiger partial charge in [0.15, 0.2) is 0 Å². The average Bonchev–Trinajstić information content (AvgIpc) is 2.70. The van der Waals surface area contributed by atoms with Crippen molar-refractivity contribution in [1.82, 2.24) is 14.7 Å². The highest BCUT2D eigenvalue weighted by Crippen LogP contribution is 2.24. The van der Waals surface area contributed by atoms with Gasteiger partial charge in [-0.3, -0.25) is 24.2 Å². The molecule has 3 heterocycles. The Balaban J connectivity index is 2.18. The monoisotopic (exact) mass is 221 g/mol. The fourth-order valence-corrected chi connectivity index (χ4v) is 2.48. The van der Waals surface area contributed by atoms with E-state index in [1.807, 2.05) is 0 Å². The summed E-state index contributed by atoms with van der Waals surface area (Å²) in [4.78, 5) is 36.2. The summed E-state index contributed by atoms with van der Waals surface area (Å²) in [5, 5.41) is 2.44. The molecule has 1 saturated heterocycles. The maximum absolute atomic E-state index is 12.0. The molecule has 1 aromatic rings. The third-order valence-corrected chi connectivity index (χ3v) is 3.27. The summed E-state index contributed by atoms with van der Waals surface area (Å²) >= 11 is 0. The zero-order valence-corrected chi connectivity index (χ0v) is 8.60. The molecule has 16 heavy (non-hydrogen) atoms. The second-order valence-electron chi connectivity index (χ2n) is 4.24. The zero-order valence-electron chi connectivity index (χ0n) is 8.60. The largest absolute Gasteiger partial charge is 0.332 e. The minimum absolute atomic E-state index is 0.151. The number of aromatic nitrogens is 2. The Hall–Kier alpha value is -1.85. The van der Waals surface area contributed by atoms with Gasteiger partial charge in [-0.2, -0.15) is 0 Å². The van der Waals surface area contributed by atoms with Gasteiger partial charge in [0, 0.05) is 12.6 Å². The normalized spacial score (nSPS) is 23.1. The molecule has 0 aromatic carbocycles. The molecule has 3 rings (SSSR count). The van der Waals surface area contributed by atoms with Crippen LogP contribution in [0.15, 0.2) is 15.7 Å². The van der Waals surface area contributed by atoms with Gasteiger partial charge in [-0.1, -0.05) is 0 Å². The van der Waals surface area contributed by atoms with Crippen molar-refractivity contribution in [2.75, 3.05) is 6.54 Å². The number of H-pyrrole nitrogens is 1. The maximum atomic E-state index is 12.0. The van der Waals surface area contributed by atoms with E-state index in [0.717, 1.165) is 25.5 Å². The number of aromatic amines is 1. The van der Waals surface area contributed by atoms with E-state index in [2.05, 4.69) is 5.10 Å². The van der Waals surface area contributed by atoms with E-state index in [1.165, 1.54) is 4.68 Å². The van der Waals surface area contributed by atoms with Crippen LogP contribution in [0.25, 0.3) is 0 Å². The van der Waals surface area contributed by atoms with E-state index in [0.29, 0.717) is 12.2 Å². The van der Waals surface area contributed by atoms with Crippen molar-refractivity contribution < 1.29 is 4.79 Å². The Morgan fingerprint density at radius 3 is 2.94 bits per heavy atom. The van der Waals surface area contributed by atoms with E-state index >= 15 is 0 Å². The van der Waals surface area contributed by atoms with Crippen LogP contribution in [0, 0.1) is 0 Å². The van der Waals surface area contributed by atoms with E-state index in [1.54, 1.807) is 4.90 Å². The Kier molecular flexibility index (Phi) is 1.80. The summed E-state index contributed by atoms with van der Waals surface area (Å²) in [7, 11) is 0. The quantitative estimate of drug-likeness (QED) is 0.580. The molecule has 0 aliphatic carbocycles. The number of rotatable bonds is 0. The second kappa shape index (κ2) is 3.07. The SMILES string of the molecule is O=C1c2cc(=O)c(=O)[nH]n2CC2CCCN12. The van der Waals surface area contributed by atoms with Gasteiger partial charge in [-0.15, -0.1) is 0 Å². The highest BCUT2D eigenvalue weighted by molar-refractivity contribution is 5.93. The fraction of sp³-hybridized carbons (Fsp3) is 0.500. The molecular weight excluding hydrogens is 210 g/mol. The minimum atomic E-state index is -0.664. The predicted octanol–water partition coefficient (Wildman–Crippen LogP) is -0.845. The van der Waals surface area contributed by atoms with Crippen LogP contribution in [-0.2, 0) is 6.54 Å². The molecule has 0 radical (unpaired) electrons. The van der Waals surface area contributed by atoms with E-state index < -0.39 is 11.0 Å². The van der Waals surface area contributed by atoms with Crippen LogP contribution in [0.3, 0.4) is 0 Å². The molecule has 1 unspecified atom stereocenters. The Bertz CT molecular complexity index is 571. The lowest BCUT2D eigenvalue weighted by Crippen LogP contribution is -2.48. The molecule has 0 saturated carbocycles. The van der Waals surface area contributed by atoms with Crippen molar-refractivity contribution in [3.05, 3.63) is 32.3 Å². The van der Waals surface area contributed by atoms with Gasteiger partial charge >= 0.3 is 5.56 Å². The van der Waals surface area contributed by atoms with Crippen LogP contribution in [0.4, 0.5) is 0 Å². The van der Waals surface area contributed by atoms with Gasteiger partial charge in [0.25, 0.3) is 5.91 Å². The molecule has 1 aromatic heterocycles. The average molecular weight is 221 g/mol. The molecule has 2 aliphatic rings. The Morgan fingerprint density at radius 2 is 2.12 bits per heavy atom. The molecule has 84 valence electrons. The second-order valence-corrected chi connectivity index (χ2v) is 4.24. The third kappa shape index (κ3) is 1.16. The van der Waals surface area contributed by atoms with E-state index in [4.69, 9.17) is 0 Å². The van der Waals surface area contributed by atoms with Gasteiger partial charge in [0.1, 0.15) is 5.69 Å². The minimum Gasteiger partial charge on any atom is -0.332 e. The first-order valence-corrected chi connectivity index (χ1v) is 5.32. The van der Waals surface area contributed by atoms with Crippen LogP contribution in [0.1, 0.15) is 23.3 Å². The summed E-state index contributed by atoms with van der Waals surface area (Å²) in [6.45, 7) is 1.33. The molecule has 0 spiro atoms. The zero-order chi connectivity index (χ0) is 11.3. The van der Waals surface area contributed by atoms with Gasteiger partial charge in [0.2, 0.25) is 5.43 Å². The van der Waals surface area contributed by atoms with Gasteiger partial charge in [0.05, 0.1) is 12.6 Å². The number of hydrogen-bond donors (Lipinski definition) is 1. The van der Waals surface area contributed by atoms with Crippen LogP contribution < -0.4 is 11.0 Å². The predicted molar refractivity (Wildman–Crippen MR) is 55.4 cm³/mol. The summed E-state index contributed by atoms with van der Waals surface area (Å²) in [6.07, 6.45) is 1.94. The highest BCUT2D eigenvalue weighted by atomic mass is 16.2. The molecule has 6 nitrogen and oxygen atoms in total. The first kappa shape index (κ1) is 9.38. The molecule has 1 N–H and O–H groups in total. The summed E-state index contributed by atoms with van der Waals surface area (Å²) in [5.41, 5.74) is -1.03. The summed E-state index contributed by atoms with van der Waals surface area (Å²) < 4.78 is 1.50. The fourth-order valence-electron chi connectivity index (χ4n) is 2.48. The van der Waals surface area contributed by atoms with Gasteiger partial charge in [-0.25, -0.2) is 0 Å². The van der Waals surface area contributed by atoms with Crippen LogP contribution in [-0.4, -0.2) is 33.2 Å². The first-order chi connectivity index (χ1) is 7.66. The van der Waals surface area contributed by atoms with Crippen molar-refractivity contribution in [3.63, 3.8) is 0 Å². The van der Waals surface area contributed by atoms with Crippen LogP contribution >= 0.6 is 0 Å². The Morgan fingerprint density at radius 1 is 1.31 bits per heavy atom. The smallest absolute Gasteiger partial charge is 0.310 e. The van der Waals surface area contributed by atoms with Gasteiger partial charge < -0.3 is 4.90 Å². The lowest BCUT2D eigenvalue weighted by Gasteiger charge is -2.31. The van der Waals surface area contributed by atoms with Crippen LogP contribution in [0.5, 0.6) is 0 Å². The van der Waals surface area contributed by atoms with E-state index in [-0.39, 0.29) is 11.9 Å². The topological polar surface area (TPSA) is 75.2 Å². The number of hydrogen-bond acceptors (Lipinski definition) is 3. The highest BCUT2D eigenvalue weighted by Gasteiger charge is 2.35. The number of carbonyl (C=O) groups is 1. The van der Waals surface area contributed by atoms with Crippen molar-refractivity contribution in [2.45, 2.75) is 25.4 Å². The molecular formula is C10H11N3O3. The maximum Gasteiger partial charge on any atom is 0.310 e. The standard InChI is InChI=1S/C10H11N3O3/c14-8-4-7-10(16)12-3-1-2-6(12)5-13(7)11-9(8)15/h4,6H,1-3,5H2,(H,11,15). The van der Waals surface area contributed by atoms with Crippen molar-refractivity contribution in [1.29, 1.82) is 0 Å². The molecule has 1 fully saturated rings. The molecule has 1 amide bonds. The third-order valence-electron chi connectivity index (χ3n) is 3.27. The summed E-state index contributed by atoms with van der Waals surface area (Å²) in [5.74, 6) is -0.151. The van der Waals surface area contributed by atoms with Crippen molar-refractivity contribution >= 4 is 5.91 Å². The van der Waals surface area contributed by atoms with Crippen molar-refractivity contribution in [3.8, 4) is 0 Å². The van der Waals surface area contributed by atoms with Crippen molar-refractivity contribution in [2.24, 2.45) is 0 Å². The first-order valence-electron chi connectivity index (χ1n) is 5.32. The lowest BCUT2D eigenvalue weighted by molar-refractivity contribution is 0.0653. The Labute approximate surface area is 90.5 Å². The number of amides is 1. The molecule has 1 atom stereocenters. The molecule has 6 heteroatoms. The number of carbonyl (C=O) groups excluding carboxylic acids is 1. The number of nitrogens with zero attached hydrogens (tertiary/aromatic N) is 2. The lowest BCUT2D eigenvalue weighted by atomic mass is 10.1. The number of fused-ring (bicyclic) bond motifs is 2. The molecule has 0 bridgehead atoms. The number of nitrogens with one attached hydrogen (secondary N) is 1. The van der Waals surface area contributed by atoms with E-state index in [9.17, 15) is 14.4 Å². The van der Waals surface area contributed by atoms with Gasteiger partial charge in [-0.05, 0) is 12.8 Å². The summed E-state index contributed by atoms with van der Waals surface area (Å²) in [6, 6.07) is 1.30. The van der Waals surface area contributed by atoms with Crippen LogP contribution in [0.2, 0.25) is 0 Å².